The van der Waals surface area contributed by atoms with Gasteiger partial charge in [0.15, 0.2) is 0 Å². The maximum atomic E-state index is 11.8. The van der Waals surface area contributed by atoms with Crippen molar-refractivity contribution < 1.29 is 9.66 Å². The summed E-state index contributed by atoms with van der Waals surface area (Å²) in [5.74, 6) is 0.569. The van der Waals surface area contributed by atoms with E-state index >= 15 is 0 Å². The average Bonchev–Trinajstić information content (AvgIpc) is 2.65. The molecular weight excluding hydrogens is 382 g/mol. The molecule has 0 aliphatic heterocycles. The standard InChI is InChI=1S/C19H18ClN5O3/c1-11-4-6-14(8-12(11)2)23-18-17(25(26)27)19(22-10-21-18)24-15-9-13(20)5-7-16(15)28-3/h4-10H,1-3H3,(H2,21,22,23,24). The van der Waals surface area contributed by atoms with Gasteiger partial charge >= 0.3 is 5.69 Å². The van der Waals surface area contributed by atoms with Crippen molar-refractivity contribution in [1.29, 1.82) is 0 Å². The molecule has 8 nitrogen and oxygen atoms in total. The highest BCUT2D eigenvalue weighted by Crippen LogP contribution is 2.36. The van der Waals surface area contributed by atoms with E-state index in [0.29, 0.717) is 22.1 Å². The van der Waals surface area contributed by atoms with Gasteiger partial charge in [-0.3, -0.25) is 10.1 Å². The van der Waals surface area contributed by atoms with Crippen molar-refractivity contribution >= 4 is 40.3 Å². The number of nitrogens with one attached hydrogen (secondary N) is 2. The van der Waals surface area contributed by atoms with Crippen LogP contribution in [0, 0.1) is 24.0 Å². The zero-order valence-electron chi connectivity index (χ0n) is 15.5. The predicted octanol–water partition coefficient (Wildman–Crippen LogP) is 5.15. The average molecular weight is 400 g/mol. The Bertz CT molecular complexity index is 1040. The van der Waals surface area contributed by atoms with Crippen LogP contribution in [0.1, 0.15) is 11.1 Å². The van der Waals surface area contributed by atoms with Crippen molar-refractivity contribution in [2.75, 3.05) is 17.7 Å². The summed E-state index contributed by atoms with van der Waals surface area (Å²) in [7, 11) is 1.50. The molecule has 0 radical (unpaired) electrons. The Kier molecular flexibility index (Phi) is 5.60. The van der Waals surface area contributed by atoms with Gasteiger partial charge in [0.25, 0.3) is 0 Å². The number of hydrogen-bond acceptors (Lipinski definition) is 7. The molecule has 3 rings (SSSR count). The van der Waals surface area contributed by atoms with Crippen LogP contribution in [0.15, 0.2) is 42.7 Å². The molecule has 28 heavy (non-hydrogen) atoms. The molecular formula is C19H18ClN5O3. The Hall–Kier alpha value is -3.39. The minimum Gasteiger partial charge on any atom is -0.495 e. The van der Waals surface area contributed by atoms with Crippen molar-refractivity contribution in [2.24, 2.45) is 0 Å². The monoisotopic (exact) mass is 399 g/mol. The van der Waals surface area contributed by atoms with Gasteiger partial charge in [-0.25, -0.2) is 9.97 Å². The van der Waals surface area contributed by atoms with Gasteiger partial charge in [0, 0.05) is 10.7 Å². The fourth-order valence-electron chi connectivity index (χ4n) is 2.60. The van der Waals surface area contributed by atoms with Crippen molar-refractivity contribution in [1.82, 2.24) is 9.97 Å². The molecule has 0 amide bonds. The van der Waals surface area contributed by atoms with Gasteiger partial charge in [-0.2, -0.15) is 0 Å². The van der Waals surface area contributed by atoms with Crippen molar-refractivity contribution in [3.63, 3.8) is 0 Å². The fourth-order valence-corrected chi connectivity index (χ4v) is 2.77. The van der Waals surface area contributed by atoms with Crippen molar-refractivity contribution in [2.45, 2.75) is 13.8 Å². The third-order valence-corrected chi connectivity index (χ3v) is 4.42. The van der Waals surface area contributed by atoms with E-state index in [1.54, 1.807) is 18.2 Å². The third-order valence-electron chi connectivity index (χ3n) is 4.19. The van der Waals surface area contributed by atoms with E-state index < -0.39 is 4.92 Å². The van der Waals surface area contributed by atoms with Crippen LogP contribution in [0.3, 0.4) is 0 Å². The highest BCUT2D eigenvalue weighted by atomic mass is 35.5. The minimum absolute atomic E-state index is 0.0203. The molecule has 1 aromatic heterocycles. The zero-order valence-corrected chi connectivity index (χ0v) is 16.2. The summed E-state index contributed by atoms with van der Waals surface area (Å²) >= 11 is 6.03. The summed E-state index contributed by atoms with van der Waals surface area (Å²) in [5, 5.41) is 18.1. The molecule has 2 aromatic carbocycles. The van der Waals surface area contributed by atoms with Crippen LogP contribution in [-0.4, -0.2) is 22.0 Å². The van der Waals surface area contributed by atoms with Gasteiger partial charge in [0.2, 0.25) is 11.6 Å². The maximum Gasteiger partial charge on any atom is 0.353 e. The zero-order chi connectivity index (χ0) is 20.3. The number of nitro groups is 1. The Morgan fingerprint density at radius 1 is 1.04 bits per heavy atom. The normalized spacial score (nSPS) is 10.4. The highest BCUT2D eigenvalue weighted by molar-refractivity contribution is 6.31. The quantitative estimate of drug-likeness (QED) is 0.436. The number of hydrogen-bond donors (Lipinski definition) is 2. The first-order chi connectivity index (χ1) is 13.4. The van der Waals surface area contributed by atoms with E-state index in [-0.39, 0.29) is 17.3 Å². The molecule has 2 N–H and O–H groups in total. The van der Waals surface area contributed by atoms with Gasteiger partial charge in [-0.1, -0.05) is 17.7 Å². The predicted molar refractivity (Wildman–Crippen MR) is 109 cm³/mol. The lowest BCUT2D eigenvalue weighted by atomic mass is 10.1. The Morgan fingerprint density at radius 3 is 2.39 bits per heavy atom. The van der Waals surface area contributed by atoms with E-state index in [4.69, 9.17) is 16.3 Å². The Balaban J connectivity index is 2.01. The lowest BCUT2D eigenvalue weighted by molar-refractivity contribution is -0.383. The smallest absolute Gasteiger partial charge is 0.353 e. The Labute approximate surface area is 166 Å². The van der Waals surface area contributed by atoms with Crippen LogP contribution in [0.25, 0.3) is 0 Å². The van der Waals surface area contributed by atoms with Crippen LogP contribution in [0.5, 0.6) is 5.75 Å². The summed E-state index contributed by atoms with van der Waals surface area (Å²) in [6, 6.07) is 10.6. The van der Waals surface area contributed by atoms with Crippen LogP contribution in [-0.2, 0) is 0 Å². The number of methoxy groups -OCH3 is 1. The maximum absolute atomic E-state index is 11.8. The molecule has 9 heteroatoms. The van der Waals surface area contributed by atoms with E-state index in [1.165, 1.54) is 13.4 Å². The Morgan fingerprint density at radius 2 is 1.75 bits per heavy atom. The van der Waals surface area contributed by atoms with E-state index in [2.05, 4.69) is 20.6 Å². The molecule has 0 atom stereocenters. The second-order valence-corrected chi connectivity index (χ2v) is 6.51. The van der Waals surface area contributed by atoms with E-state index in [9.17, 15) is 10.1 Å². The first-order valence-corrected chi connectivity index (χ1v) is 8.71. The van der Waals surface area contributed by atoms with Crippen LogP contribution >= 0.6 is 11.6 Å². The second-order valence-electron chi connectivity index (χ2n) is 6.07. The molecule has 0 bridgehead atoms. The third kappa shape index (κ3) is 4.12. The lowest BCUT2D eigenvalue weighted by Crippen LogP contribution is -2.06. The van der Waals surface area contributed by atoms with Gasteiger partial charge in [0.1, 0.15) is 12.1 Å². The van der Waals surface area contributed by atoms with Gasteiger partial charge in [-0.05, 0) is 55.3 Å². The molecule has 0 saturated carbocycles. The van der Waals surface area contributed by atoms with Gasteiger partial charge < -0.3 is 15.4 Å². The first-order valence-electron chi connectivity index (χ1n) is 8.33. The number of nitrogens with zero attached hydrogens (tertiary/aromatic N) is 3. The van der Waals surface area contributed by atoms with Crippen molar-refractivity contribution in [3.8, 4) is 5.75 Å². The van der Waals surface area contributed by atoms with Gasteiger partial charge in [-0.15, -0.1) is 0 Å². The molecule has 0 spiro atoms. The fraction of sp³-hybridized carbons (Fsp3) is 0.158. The molecule has 1 heterocycles. The molecule has 0 saturated heterocycles. The number of aromatic nitrogens is 2. The summed E-state index contributed by atoms with van der Waals surface area (Å²) in [4.78, 5) is 19.3. The minimum atomic E-state index is -0.539. The molecule has 0 aliphatic carbocycles. The number of halogens is 1. The molecule has 3 aromatic rings. The number of ether oxygens (including phenoxy) is 1. The number of anilines is 4. The summed E-state index contributed by atoms with van der Waals surface area (Å²) in [6.07, 6.45) is 1.25. The van der Waals surface area contributed by atoms with Crippen molar-refractivity contribution in [3.05, 3.63) is 69.0 Å². The lowest BCUT2D eigenvalue weighted by Gasteiger charge is -2.13. The summed E-state index contributed by atoms with van der Waals surface area (Å²) in [5.41, 5.74) is 3.04. The molecule has 0 unspecified atom stereocenters. The molecule has 144 valence electrons. The number of aryl methyl sites for hydroxylation is 2. The number of rotatable bonds is 6. The van der Waals surface area contributed by atoms with Crippen LogP contribution in [0.4, 0.5) is 28.7 Å². The topological polar surface area (TPSA) is 102 Å². The number of benzene rings is 2. The van der Waals surface area contributed by atoms with Crippen LogP contribution in [0.2, 0.25) is 5.02 Å². The second kappa shape index (κ2) is 8.10. The summed E-state index contributed by atoms with van der Waals surface area (Å²) < 4.78 is 5.27. The molecule has 0 fully saturated rings. The summed E-state index contributed by atoms with van der Waals surface area (Å²) in [6.45, 7) is 3.96. The van der Waals surface area contributed by atoms with E-state index in [0.717, 1.165) is 11.1 Å². The van der Waals surface area contributed by atoms with E-state index in [1.807, 2.05) is 32.0 Å². The largest absolute Gasteiger partial charge is 0.495 e. The molecule has 0 aliphatic rings. The van der Waals surface area contributed by atoms with Gasteiger partial charge in [0.05, 0.1) is 17.7 Å². The SMILES string of the molecule is COc1ccc(Cl)cc1Nc1ncnc(Nc2ccc(C)c(C)c2)c1[N+](=O)[O-]. The van der Waals surface area contributed by atoms with Crippen LogP contribution < -0.4 is 15.4 Å². The highest BCUT2D eigenvalue weighted by Gasteiger charge is 2.24. The first kappa shape index (κ1) is 19.4.